The molecule has 1 unspecified atom stereocenters. The second-order valence-electron chi connectivity index (χ2n) is 7.67. The Balaban J connectivity index is 0.000000301. The number of rotatable bonds is 4. The Morgan fingerprint density at radius 3 is 2.08 bits per heavy atom. The zero-order chi connectivity index (χ0) is 28.3. The number of carboxylic acids is 2. The summed E-state index contributed by atoms with van der Waals surface area (Å²) in [7, 11) is 0. The molecule has 2 fully saturated rings. The summed E-state index contributed by atoms with van der Waals surface area (Å²) in [5.74, 6) is -3.67. The number of alkyl halides is 6. The number of nitrogens with zero attached hydrogens (tertiary/aromatic N) is 4. The Morgan fingerprint density at radius 1 is 0.974 bits per heavy atom. The first-order chi connectivity index (χ1) is 17.8. The van der Waals surface area contributed by atoms with E-state index >= 15 is 0 Å². The van der Waals surface area contributed by atoms with Crippen LogP contribution in [0.4, 0.5) is 32.2 Å². The quantitative estimate of drug-likeness (QED) is 0.526. The Hall–Kier alpha value is -3.02. The third-order valence-corrected chi connectivity index (χ3v) is 5.71. The van der Waals surface area contributed by atoms with E-state index in [0.717, 1.165) is 57.6 Å². The molecule has 2 saturated heterocycles. The highest BCUT2D eigenvalue weighted by atomic mass is 32.1. The van der Waals surface area contributed by atoms with Crippen LogP contribution in [-0.2, 0) is 25.6 Å². The van der Waals surface area contributed by atoms with Gasteiger partial charge in [0.2, 0.25) is 0 Å². The molecular weight excluding hydrogens is 550 g/mol. The van der Waals surface area contributed by atoms with Gasteiger partial charge in [0.05, 0.1) is 32.5 Å². The summed E-state index contributed by atoms with van der Waals surface area (Å²) in [5.41, 5.74) is 1.34. The number of carbonyl (C=O) groups is 2. The number of carboxylic acid groups (broad SMARTS) is 2. The van der Waals surface area contributed by atoms with Gasteiger partial charge in [-0.25, -0.2) is 19.6 Å². The van der Waals surface area contributed by atoms with Crippen molar-refractivity contribution in [2.24, 2.45) is 0 Å². The number of anilines is 1. The first kappa shape index (κ1) is 31.2. The molecule has 2 aromatic rings. The largest absolute Gasteiger partial charge is 0.490 e. The highest BCUT2D eigenvalue weighted by molar-refractivity contribution is 7.07. The Bertz CT molecular complexity index is 994. The van der Waals surface area contributed by atoms with E-state index in [1.165, 1.54) is 5.56 Å². The van der Waals surface area contributed by atoms with E-state index < -0.39 is 24.3 Å². The van der Waals surface area contributed by atoms with Crippen molar-refractivity contribution in [3.63, 3.8) is 0 Å². The molecule has 1 atom stereocenters. The molecule has 4 heterocycles. The Labute approximate surface area is 216 Å². The average Bonchev–Trinajstić information content (AvgIpc) is 3.38. The molecule has 2 N–H and O–H groups in total. The standard InChI is InChI=1S/C17H22N4O2S.2C2HF3O2/c1-3-18-17(19-16(1)20-4-7-22-8-5-20)15-12-23-9-6-21(15)11-14-2-10-24-13-14;2*3-2(4,5)1(6)7/h1-3,10,13,15H,4-9,11-12H2;2*(H,6,7). The molecule has 4 rings (SSSR count). The van der Waals surface area contributed by atoms with Gasteiger partial charge in [0.15, 0.2) is 0 Å². The number of ether oxygens (including phenoxy) is 2. The fourth-order valence-corrected chi connectivity index (χ4v) is 3.83. The summed E-state index contributed by atoms with van der Waals surface area (Å²) in [6, 6.07) is 4.28. The average molecular weight is 575 g/mol. The van der Waals surface area contributed by atoms with Crippen LogP contribution in [-0.4, -0.2) is 95.4 Å². The molecule has 2 aromatic heterocycles. The van der Waals surface area contributed by atoms with Gasteiger partial charge in [-0.05, 0) is 28.5 Å². The lowest BCUT2D eigenvalue weighted by atomic mass is 10.2. The Kier molecular flexibility index (Phi) is 11.7. The highest BCUT2D eigenvalue weighted by Gasteiger charge is 2.39. The first-order valence-electron chi connectivity index (χ1n) is 10.9. The molecule has 0 aliphatic carbocycles. The second-order valence-corrected chi connectivity index (χ2v) is 8.45. The van der Waals surface area contributed by atoms with Crippen molar-refractivity contribution in [2.45, 2.75) is 24.9 Å². The SMILES string of the molecule is O=C(O)C(F)(F)F.O=C(O)C(F)(F)F.c1cc(N2CCOCC2)nc(C2COCCN2Cc2ccsc2)n1. The van der Waals surface area contributed by atoms with E-state index in [2.05, 4.69) is 31.6 Å². The summed E-state index contributed by atoms with van der Waals surface area (Å²) in [4.78, 5) is 31.9. The van der Waals surface area contributed by atoms with Crippen LogP contribution in [0.5, 0.6) is 0 Å². The van der Waals surface area contributed by atoms with Crippen molar-refractivity contribution in [3.8, 4) is 0 Å². The van der Waals surface area contributed by atoms with E-state index in [4.69, 9.17) is 34.3 Å². The van der Waals surface area contributed by atoms with Crippen LogP contribution in [0.15, 0.2) is 29.1 Å². The maximum absolute atomic E-state index is 10.6. The fourth-order valence-electron chi connectivity index (χ4n) is 3.18. The molecule has 0 amide bonds. The van der Waals surface area contributed by atoms with E-state index in [-0.39, 0.29) is 6.04 Å². The van der Waals surface area contributed by atoms with Crippen molar-refractivity contribution in [2.75, 3.05) is 51.0 Å². The van der Waals surface area contributed by atoms with Crippen molar-refractivity contribution >= 4 is 29.1 Å². The third kappa shape index (κ3) is 10.4. The Morgan fingerprint density at radius 2 is 1.55 bits per heavy atom. The number of halogens is 6. The van der Waals surface area contributed by atoms with Gasteiger partial charge in [0.25, 0.3) is 0 Å². The summed E-state index contributed by atoms with van der Waals surface area (Å²) in [6.07, 6.45) is -8.30. The molecule has 0 aromatic carbocycles. The molecule has 0 bridgehead atoms. The summed E-state index contributed by atoms with van der Waals surface area (Å²) in [6.45, 7) is 6.54. The van der Waals surface area contributed by atoms with Crippen molar-refractivity contribution in [1.29, 1.82) is 0 Å². The molecule has 10 nitrogen and oxygen atoms in total. The molecule has 38 heavy (non-hydrogen) atoms. The minimum absolute atomic E-state index is 0.111. The summed E-state index contributed by atoms with van der Waals surface area (Å²) in [5, 5.41) is 18.6. The zero-order valence-electron chi connectivity index (χ0n) is 19.6. The number of morpholine rings is 2. The van der Waals surface area contributed by atoms with Crippen LogP contribution in [0, 0.1) is 0 Å². The fraction of sp³-hybridized carbons (Fsp3) is 0.524. The van der Waals surface area contributed by atoms with Crippen LogP contribution in [0.3, 0.4) is 0 Å². The third-order valence-electron chi connectivity index (χ3n) is 4.98. The maximum atomic E-state index is 10.6. The van der Waals surface area contributed by atoms with E-state index in [1.54, 1.807) is 11.3 Å². The van der Waals surface area contributed by atoms with E-state index in [0.29, 0.717) is 6.61 Å². The van der Waals surface area contributed by atoms with Crippen LogP contribution in [0.2, 0.25) is 0 Å². The topological polar surface area (TPSA) is 125 Å². The minimum atomic E-state index is -5.08. The van der Waals surface area contributed by atoms with E-state index in [1.807, 2.05) is 12.3 Å². The monoisotopic (exact) mass is 574 g/mol. The van der Waals surface area contributed by atoms with Gasteiger partial charge >= 0.3 is 24.3 Å². The van der Waals surface area contributed by atoms with Gasteiger partial charge in [-0.1, -0.05) is 0 Å². The lowest BCUT2D eigenvalue weighted by Crippen LogP contribution is -2.40. The minimum Gasteiger partial charge on any atom is -0.475 e. The molecular formula is C21H24F6N4O6S. The van der Waals surface area contributed by atoms with Crippen LogP contribution < -0.4 is 4.90 Å². The van der Waals surface area contributed by atoms with Gasteiger partial charge in [-0.15, -0.1) is 0 Å². The van der Waals surface area contributed by atoms with Gasteiger partial charge in [0.1, 0.15) is 11.6 Å². The molecule has 212 valence electrons. The van der Waals surface area contributed by atoms with Crippen molar-refractivity contribution in [1.82, 2.24) is 14.9 Å². The number of hydrogen-bond acceptors (Lipinski definition) is 9. The molecule has 0 spiro atoms. The second kappa shape index (κ2) is 14.2. The van der Waals surface area contributed by atoms with Gasteiger partial charge < -0.3 is 24.6 Å². The zero-order valence-corrected chi connectivity index (χ0v) is 20.4. The summed E-state index contributed by atoms with van der Waals surface area (Å²) >= 11 is 1.74. The predicted octanol–water partition coefficient (Wildman–Crippen LogP) is 3.21. The van der Waals surface area contributed by atoms with Gasteiger partial charge in [-0.2, -0.15) is 37.7 Å². The predicted molar refractivity (Wildman–Crippen MR) is 121 cm³/mol. The smallest absolute Gasteiger partial charge is 0.475 e. The lowest BCUT2D eigenvalue weighted by molar-refractivity contribution is -0.193. The molecule has 2 aliphatic heterocycles. The number of thiophene rings is 1. The van der Waals surface area contributed by atoms with Gasteiger partial charge in [0, 0.05) is 32.4 Å². The maximum Gasteiger partial charge on any atom is 0.490 e. The molecule has 2 aliphatic rings. The highest BCUT2D eigenvalue weighted by Crippen LogP contribution is 2.25. The van der Waals surface area contributed by atoms with Crippen LogP contribution in [0.1, 0.15) is 17.4 Å². The molecule has 0 saturated carbocycles. The number of hydrogen-bond donors (Lipinski definition) is 2. The first-order valence-corrected chi connectivity index (χ1v) is 11.8. The van der Waals surface area contributed by atoms with Crippen LogP contribution in [0.25, 0.3) is 0 Å². The van der Waals surface area contributed by atoms with Crippen molar-refractivity contribution < 1.29 is 55.6 Å². The number of aliphatic carboxylic acids is 2. The van der Waals surface area contributed by atoms with Crippen LogP contribution >= 0.6 is 11.3 Å². The van der Waals surface area contributed by atoms with Gasteiger partial charge in [-0.3, -0.25) is 4.90 Å². The number of aromatic nitrogens is 2. The lowest BCUT2D eigenvalue weighted by Gasteiger charge is -2.35. The normalized spacial score (nSPS) is 18.5. The van der Waals surface area contributed by atoms with Crippen molar-refractivity contribution in [3.05, 3.63) is 40.5 Å². The van der Waals surface area contributed by atoms with E-state index in [9.17, 15) is 26.3 Å². The molecule has 17 heteroatoms. The molecule has 0 radical (unpaired) electrons. The summed E-state index contributed by atoms with van der Waals surface area (Å²) < 4.78 is 74.6.